The van der Waals surface area contributed by atoms with Crippen molar-refractivity contribution >= 4 is 38.3 Å². The monoisotopic (exact) mass is 419 g/mol. The molecule has 1 heterocycles. The van der Waals surface area contributed by atoms with Crippen LogP contribution >= 0.6 is 11.6 Å². The Hall–Kier alpha value is -2.31. The van der Waals surface area contributed by atoms with Gasteiger partial charge in [-0.15, -0.1) is 0 Å². The lowest BCUT2D eigenvalue weighted by molar-refractivity contribution is -0.117. The lowest BCUT2D eigenvalue weighted by Gasteiger charge is -2.09. The highest BCUT2D eigenvalue weighted by atomic mass is 35.5. The van der Waals surface area contributed by atoms with E-state index < -0.39 is 10.0 Å². The van der Waals surface area contributed by atoms with Crippen LogP contribution in [-0.4, -0.2) is 23.3 Å². The summed E-state index contributed by atoms with van der Waals surface area (Å²) in [5, 5.41) is 10.7. The number of carbonyl (C=O) groups excluding carboxylic acids is 1. The van der Waals surface area contributed by atoms with Crippen LogP contribution in [0.4, 0.5) is 0 Å². The largest absolute Gasteiger partial charge is 0.506 e. The van der Waals surface area contributed by atoms with Gasteiger partial charge in [-0.25, -0.2) is 12.4 Å². The van der Waals surface area contributed by atoms with Crippen LogP contribution in [0.25, 0.3) is 10.9 Å². The van der Waals surface area contributed by atoms with Crippen LogP contribution < -0.4 is 0 Å². The Morgan fingerprint density at radius 3 is 2.46 bits per heavy atom. The Kier molecular flexibility index (Phi) is 5.55. The Balaban J connectivity index is 2.21. The zero-order chi connectivity index (χ0) is 20.6. The number of Topliss-reactive ketones (excluding diaryl/α,β-unsaturated/α-hetero) is 1. The molecule has 3 aromatic rings. The van der Waals surface area contributed by atoms with Crippen molar-refractivity contribution in [3.8, 4) is 5.75 Å². The number of phenolic OH excluding ortho intramolecular Hbond substituents is 1. The topological polar surface area (TPSA) is 76.4 Å². The average molecular weight is 420 g/mol. The van der Waals surface area contributed by atoms with Gasteiger partial charge in [0.2, 0.25) is 0 Å². The van der Waals surface area contributed by atoms with E-state index in [1.54, 1.807) is 30.5 Å². The average Bonchev–Trinajstić information content (AvgIpc) is 2.99. The minimum atomic E-state index is -3.85. The summed E-state index contributed by atoms with van der Waals surface area (Å²) in [7, 11) is -3.85. The molecule has 28 heavy (non-hydrogen) atoms. The van der Waals surface area contributed by atoms with Crippen molar-refractivity contribution < 1.29 is 18.3 Å². The van der Waals surface area contributed by atoms with Crippen molar-refractivity contribution in [3.63, 3.8) is 0 Å². The molecule has 3 rings (SSSR count). The number of fused-ring (bicyclic) bond motifs is 1. The van der Waals surface area contributed by atoms with Crippen molar-refractivity contribution in [2.45, 2.75) is 44.4 Å². The molecule has 1 N–H and O–H groups in total. The van der Waals surface area contributed by atoms with Crippen LogP contribution in [0.3, 0.4) is 0 Å². The third kappa shape index (κ3) is 3.80. The van der Waals surface area contributed by atoms with Crippen molar-refractivity contribution in [1.29, 1.82) is 0 Å². The lowest BCUT2D eigenvalue weighted by atomic mass is 9.95. The van der Waals surface area contributed by atoms with Crippen LogP contribution in [-0.2, 0) is 14.8 Å². The van der Waals surface area contributed by atoms with Crippen LogP contribution in [0.15, 0.2) is 47.5 Å². The second-order valence-electron chi connectivity index (χ2n) is 7.16. The molecule has 0 fully saturated rings. The molecule has 5 nitrogen and oxygen atoms in total. The van der Waals surface area contributed by atoms with Gasteiger partial charge in [-0.3, -0.25) is 0 Å². The van der Waals surface area contributed by atoms with Gasteiger partial charge in [-0.2, -0.15) is 0 Å². The van der Waals surface area contributed by atoms with Gasteiger partial charge >= 0.3 is 0 Å². The molecule has 0 aliphatic carbocycles. The van der Waals surface area contributed by atoms with Gasteiger partial charge in [0.25, 0.3) is 10.0 Å². The number of nitrogens with zero attached hydrogens (tertiary/aromatic N) is 1. The molecule has 0 unspecified atom stereocenters. The highest BCUT2D eigenvalue weighted by Gasteiger charge is 2.24. The molecule has 0 saturated heterocycles. The van der Waals surface area contributed by atoms with Gasteiger partial charge in [0.1, 0.15) is 11.5 Å². The van der Waals surface area contributed by atoms with Crippen molar-refractivity contribution in [3.05, 3.63) is 58.7 Å². The quantitative estimate of drug-likeness (QED) is 0.608. The first-order valence-electron chi connectivity index (χ1n) is 8.96. The number of rotatable bonds is 6. The summed E-state index contributed by atoms with van der Waals surface area (Å²) in [6.45, 7) is 5.36. The maximum Gasteiger partial charge on any atom is 0.268 e. The van der Waals surface area contributed by atoms with E-state index in [-0.39, 0.29) is 27.4 Å². The van der Waals surface area contributed by atoms with Gasteiger partial charge in [-0.05, 0) is 56.0 Å². The van der Waals surface area contributed by atoms with E-state index >= 15 is 0 Å². The number of hydrogen-bond donors (Lipinski definition) is 1. The minimum absolute atomic E-state index is 0.0681. The first kappa shape index (κ1) is 20.4. The van der Waals surface area contributed by atoms with E-state index in [2.05, 4.69) is 0 Å². The maximum atomic E-state index is 13.3. The first-order valence-corrected chi connectivity index (χ1v) is 10.8. The SMILES string of the molecule is CC(=O)CC[C@H](C)c1cn(S(=O)(=O)c2ccc(C)cc2)c2cc(Cl)c(O)cc12. The normalized spacial score (nSPS) is 13.0. The van der Waals surface area contributed by atoms with E-state index in [1.165, 1.54) is 23.0 Å². The van der Waals surface area contributed by atoms with Crippen LogP contribution in [0.2, 0.25) is 5.02 Å². The molecular formula is C21H22ClNO4S. The number of halogens is 1. The standard InChI is InChI=1S/C21H22ClNO4S/c1-13-4-8-16(9-5-13)28(26,27)23-12-18(14(2)6-7-15(3)24)17-10-21(25)19(22)11-20(17)23/h4-5,8-12,14,25H,6-7H2,1-3H3/t14-/m0/s1. The van der Waals surface area contributed by atoms with Gasteiger partial charge in [0.15, 0.2) is 0 Å². The fraction of sp³-hybridized carbons (Fsp3) is 0.286. The highest BCUT2D eigenvalue weighted by molar-refractivity contribution is 7.90. The van der Waals surface area contributed by atoms with Crippen LogP contribution in [0.1, 0.15) is 43.7 Å². The smallest absolute Gasteiger partial charge is 0.268 e. The molecule has 2 aromatic carbocycles. The number of aromatic nitrogens is 1. The van der Waals surface area contributed by atoms with Crippen molar-refractivity contribution in [1.82, 2.24) is 3.97 Å². The molecule has 0 spiro atoms. The van der Waals surface area contributed by atoms with Crippen molar-refractivity contribution in [2.24, 2.45) is 0 Å². The van der Waals surface area contributed by atoms with E-state index in [1.807, 2.05) is 13.8 Å². The molecule has 1 atom stereocenters. The molecule has 1 aromatic heterocycles. The third-order valence-corrected chi connectivity index (χ3v) is 6.90. The Labute approximate surface area is 169 Å². The number of benzene rings is 2. The third-order valence-electron chi connectivity index (χ3n) is 4.91. The summed E-state index contributed by atoms with van der Waals surface area (Å²) in [5.74, 6) is -0.102. The number of phenols is 1. The van der Waals surface area contributed by atoms with E-state index in [4.69, 9.17) is 11.6 Å². The summed E-state index contributed by atoms with van der Waals surface area (Å²) in [6.07, 6.45) is 2.56. The number of ketones is 1. The van der Waals surface area contributed by atoms with E-state index in [9.17, 15) is 18.3 Å². The minimum Gasteiger partial charge on any atom is -0.506 e. The fourth-order valence-corrected chi connectivity index (χ4v) is 4.75. The zero-order valence-corrected chi connectivity index (χ0v) is 17.5. The summed E-state index contributed by atoms with van der Waals surface area (Å²) in [6, 6.07) is 9.56. The molecule has 0 saturated carbocycles. The summed E-state index contributed by atoms with van der Waals surface area (Å²) >= 11 is 6.07. The highest BCUT2D eigenvalue weighted by Crippen LogP contribution is 2.37. The van der Waals surface area contributed by atoms with Crippen molar-refractivity contribution in [2.75, 3.05) is 0 Å². The Bertz CT molecular complexity index is 1150. The van der Waals surface area contributed by atoms with E-state index in [0.717, 1.165) is 11.1 Å². The molecule has 148 valence electrons. The molecule has 0 aliphatic heterocycles. The Morgan fingerprint density at radius 2 is 1.86 bits per heavy atom. The maximum absolute atomic E-state index is 13.3. The fourth-order valence-electron chi connectivity index (χ4n) is 3.22. The molecule has 7 heteroatoms. The lowest BCUT2D eigenvalue weighted by Crippen LogP contribution is -2.12. The summed E-state index contributed by atoms with van der Waals surface area (Å²) < 4.78 is 27.7. The van der Waals surface area contributed by atoms with Gasteiger partial charge in [0.05, 0.1) is 15.4 Å². The van der Waals surface area contributed by atoms with Gasteiger partial charge in [0, 0.05) is 18.0 Å². The second kappa shape index (κ2) is 7.60. The first-order chi connectivity index (χ1) is 13.1. The predicted octanol–water partition coefficient (Wildman–Crippen LogP) is 5.02. The molecule has 0 aliphatic rings. The summed E-state index contributed by atoms with van der Waals surface area (Å²) in [5.41, 5.74) is 2.11. The van der Waals surface area contributed by atoms with Crippen LogP contribution in [0.5, 0.6) is 5.75 Å². The second-order valence-corrected chi connectivity index (χ2v) is 9.38. The number of carbonyl (C=O) groups is 1. The van der Waals surface area contributed by atoms with Gasteiger partial charge < -0.3 is 9.90 Å². The van der Waals surface area contributed by atoms with Crippen LogP contribution in [0, 0.1) is 6.92 Å². The Morgan fingerprint density at radius 1 is 1.21 bits per heavy atom. The number of aryl methyl sites for hydroxylation is 1. The van der Waals surface area contributed by atoms with Gasteiger partial charge in [-0.1, -0.05) is 36.2 Å². The number of hydrogen-bond acceptors (Lipinski definition) is 4. The molecular weight excluding hydrogens is 398 g/mol. The number of aromatic hydroxyl groups is 1. The van der Waals surface area contributed by atoms with E-state index in [0.29, 0.717) is 23.7 Å². The molecule has 0 radical (unpaired) electrons. The molecule has 0 amide bonds. The predicted molar refractivity (Wildman–Crippen MR) is 111 cm³/mol. The molecule has 0 bridgehead atoms. The zero-order valence-electron chi connectivity index (χ0n) is 15.9. The summed E-state index contributed by atoms with van der Waals surface area (Å²) in [4.78, 5) is 11.5.